The van der Waals surface area contributed by atoms with Crippen LogP contribution in [0, 0.1) is 0 Å². The third-order valence-corrected chi connectivity index (χ3v) is 8.89. The molecule has 0 saturated carbocycles. The summed E-state index contributed by atoms with van der Waals surface area (Å²) in [6.45, 7) is 11.1. The Morgan fingerprint density at radius 1 is 1.23 bits per heavy atom. The Morgan fingerprint density at radius 2 is 1.91 bits per heavy atom. The maximum atomic E-state index is 12.0. The highest BCUT2D eigenvalue weighted by Crippen LogP contribution is 2.38. The van der Waals surface area contributed by atoms with Crippen molar-refractivity contribution in [1.29, 1.82) is 0 Å². The Labute approximate surface area is 133 Å². The van der Waals surface area contributed by atoms with Crippen LogP contribution in [-0.4, -0.2) is 31.5 Å². The fourth-order valence-corrected chi connectivity index (χ4v) is 3.33. The van der Waals surface area contributed by atoms with Crippen LogP contribution in [0.4, 0.5) is 0 Å². The molecular formula is C17H25NO3Si. The first-order valence-corrected chi connectivity index (χ1v) is 10.6. The van der Waals surface area contributed by atoms with Gasteiger partial charge in [-0.05, 0) is 36.3 Å². The van der Waals surface area contributed by atoms with Crippen molar-refractivity contribution in [2.75, 3.05) is 0 Å². The maximum Gasteiger partial charge on any atom is 0.357 e. The Kier molecular flexibility index (Phi) is 4.87. The molecule has 5 heteroatoms. The highest BCUT2D eigenvalue weighted by Gasteiger charge is 2.40. The van der Waals surface area contributed by atoms with Crippen molar-refractivity contribution in [2.24, 2.45) is 0 Å². The Morgan fingerprint density at radius 3 is 2.50 bits per heavy atom. The van der Waals surface area contributed by atoms with Gasteiger partial charge in [-0.3, -0.25) is 0 Å². The second kappa shape index (κ2) is 6.34. The van der Waals surface area contributed by atoms with Gasteiger partial charge in [-0.25, -0.2) is 9.78 Å². The SMILES string of the molecule is CC(C)(C)[Si](C)(C)O[C@H]1C=C[C@@H](OC(=O)c2ccccn2)C1. The number of carbonyl (C=O) groups is 1. The lowest BCUT2D eigenvalue weighted by atomic mass is 10.2. The molecule has 0 fully saturated rings. The third kappa shape index (κ3) is 4.05. The van der Waals surface area contributed by atoms with Crippen LogP contribution in [0.15, 0.2) is 36.5 Å². The number of esters is 1. The van der Waals surface area contributed by atoms with Crippen LogP contribution >= 0.6 is 0 Å². The molecule has 0 radical (unpaired) electrons. The molecular weight excluding hydrogens is 294 g/mol. The highest BCUT2D eigenvalue weighted by atomic mass is 28.4. The topological polar surface area (TPSA) is 48.4 Å². The van der Waals surface area contributed by atoms with Gasteiger partial charge < -0.3 is 9.16 Å². The first-order chi connectivity index (χ1) is 10.2. The van der Waals surface area contributed by atoms with E-state index >= 15 is 0 Å². The van der Waals surface area contributed by atoms with Crippen molar-refractivity contribution in [3.63, 3.8) is 0 Å². The van der Waals surface area contributed by atoms with Gasteiger partial charge in [-0.15, -0.1) is 0 Å². The zero-order chi connectivity index (χ0) is 16.4. The van der Waals surface area contributed by atoms with Crippen molar-refractivity contribution in [3.05, 3.63) is 42.2 Å². The molecule has 22 heavy (non-hydrogen) atoms. The number of nitrogens with zero attached hydrogens (tertiary/aromatic N) is 1. The number of pyridine rings is 1. The van der Waals surface area contributed by atoms with Gasteiger partial charge in [0, 0.05) is 12.6 Å². The summed E-state index contributed by atoms with van der Waals surface area (Å²) < 4.78 is 11.8. The predicted molar refractivity (Wildman–Crippen MR) is 89.3 cm³/mol. The number of carbonyl (C=O) groups excluding carboxylic acids is 1. The average Bonchev–Trinajstić information content (AvgIpc) is 2.85. The molecule has 120 valence electrons. The van der Waals surface area contributed by atoms with Gasteiger partial charge in [0.1, 0.15) is 11.8 Å². The van der Waals surface area contributed by atoms with Crippen LogP contribution in [0.3, 0.4) is 0 Å². The van der Waals surface area contributed by atoms with Gasteiger partial charge in [0.25, 0.3) is 0 Å². The molecule has 2 rings (SSSR count). The van der Waals surface area contributed by atoms with E-state index in [1.165, 1.54) is 0 Å². The largest absolute Gasteiger partial charge is 0.453 e. The van der Waals surface area contributed by atoms with E-state index in [4.69, 9.17) is 9.16 Å². The van der Waals surface area contributed by atoms with E-state index < -0.39 is 8.32 Å². The summed E-state index contributed by atoms with van der Waals surface area (Å²) in [5.41, 5.74) is 0.338. The number of ether oxygens (including phenoxy) is 1. The van der Waals surface area contributed by atoms with Gasteiger partial charge in [0.15, 0.2) is 8.32 Å². The Hall–Kier alpha value is -1.46. The summed E-state index contributed by atoms with van der Waals surface area (Å²) in [7, 11) is -1.81. The predicted octanol–water partition coefficient (Wildman–Crippen LogP) is 3.96. The van der Waals surface area contributed by atoms with Gasteiger partial charge in [0.05, 0.1) is 6.10 Å². The molecule has 1 heterocycles. The minimum atomic E-state index is -1.81. The van der Waals surface area contributed by atoms with Crippen LogP contribution in [-0.2, 0) is 9.16 Å². The first-order valence-electron chi connectivity index (χ1n) is 7.67. The van der Waals surface area contributed by atoms with E-state index in [1.54, 1.807) is 24.4 Å². The fourth-order valence-electron chi connectivity index (χ4n) is 2.05. The number of aromatic nitrogens is 1. The smallest absolute Gasteiger partial charge is 0.357 e. The molecule has 0 aromatic carbocycles. The second-order valence-corrected chi connectivity index (χ2v) is 12.0. The zero-order valence-corrected chi connectivity index (χ0v) is 15.0. The number of hydrogen-bond acceptors (Lipinski definition) is 4. The lowest BCUT2D eigenvalue weighted by molar-refractivity contribution is 0.0346. The average molecular weight is 319 g/mol. The molecule has 1 aromatic rings. The van der Waals surface area contributed by atoms with Crippen LogP contribution in [0.5, 0.6) is 0 Å². The molecule has 0 bridgehead atoms. The van der Waals surface area contributed by atoms with E-state index in [0.29, 0.717) is 12.1 Å². The lowest BCUT2D eigenvalue weighted by Crippen LogP contribution is -2.43. The van der Waals surface area contributed by atoms with Crippen molar-refractivity contribution >= 4 is 14.3 Å². The summed E-state index contributed by atoms with van der Waals surface area (Å²) in [5, 5.41) is 0.170. The monoisotopic (exact) mass is 319 g/mol. The Bertz CT molecular complexity index is 549. The summed E-state index contributed by atoms with van der Waals surface area (Å²) in [4.78, 5) is 16.0. The van der Waals surface area contributed by atoms with Gasteiger partial charge >= 0.3 is 5.97 Å². The highest BCUT2D eigenvalue weighted by molar-refractivity contribution is 6.74. The quantitative estimate of drug-likeness (QED) is 0.479. The number of rotatable bonds is 4. The van der Waals surface area contributed by atoms with Crippen molar-refractivity contribution < 1.29 is 14.0 Å². The van der Waals surface area contributed by atoms with E-state index in [2.05, 4.69) is 38.8 Å². The molecule has 1 aliphatic carbocycles. The van der Waals surface area contributed by atoms with Gasteiger partial charge in [-0.1, -0.05) is 32.9 Å². The minimum absolute atomic E-state index is 0.0300. The van der Waals surface area contributed by atoms with Crippen LogP contribution < -0.4 is 0 Å². The van der Waals surface area contributed by atoms with E-state index in [-0.39, 0.29) is 23.2 Å². The lowest BCUT2D eigenvalue weighted by Gasteiger charge is -2.38. The summed E-state index contributed by atoms with van der Waals surface area (Å²) in [6, 6.07) is 5.21. The van der Waals surface area contributed by atoms with E-state index in [1.807, 2.05) is 12.2 Å². The van der Waals surface area contributed by atoms with Crippen LogP contribution in [0.1, 0.15) is 37.7 Å². The molecule has 0 saturated heterocycles. The molecule has 0 unspecified atom stereocenters. The maximum absolute atomic E-state index is 12.0. The molecule has 1 aromatic heterocycles. The minimum Gasteiger partial charge on any atom is -0.453 e. The van der Waals surface area contributed by atoms with Gasteiger partial charge in [-0.2, -0.15) is 0 Å². The first kappa shape index (κ1) is 16.9. The van der Waals surface area contributed by atoms with Crippen molar-refractivity contribution in [2.45, 2.75) is 57.5 Å². The summed E-state index contributed by atoms with van der Waals surface area (Å²) in [5.74, 6) is -0.386. The zero-order valence-electron chi connectivity index (χ0n) is 14.0. The number of hydrogen-bond donors (Lipinski definition) is 0. The van der Waals surface area contributed by atoms with Gasteiger partial charge in [0.2, 0.25) is 0 Å². The standard InChI is InChI=1S/C17H25NO3Si/c1-17(2,3)22(4,5)21-14-10-9-13(12-14)20-16(19)15-8-6-7-11-18-15/h6-11,13-14H,12H2,1-5H3/t13-,14+/m1/s1. The molecule has 4 nitrogen and oxygen atoms in total. The van der Waals surface area contributed by atoms with Crippen molar-refractivity contribution in [3.8, 4) is 0 Å². The molecule has 1 aliphatic rings. The Balaban J connectivity index is 1.89. The molecule has 2 atom stereocenters. The molecule has 0 spiro atoms. The fraction of sp³-hybridized carbons (Fsp3) is 0.529. The summed E-state index contributed by atoms with van der Waals surface area (Å²) >= 11 is 0. The third-order valence-electron chi connectivity index (χ3n) is 4.39. The van der Waals surface area contributed by atoms with Crippen LogP contribution in [0.2, 0.25) is 18.1 Å². The van der Waals surface area contributed by atoms with E-state index in [0.717, 1.165) is 0 Å². The summed E-state index contributed by atoms with van der Waals surface area (Å²) in [6.07, 6.45) is 6.00. The normalized spacial score (nSPS) is 21.9. The second-order valence-electron chi connectivity index (χ2n) is 7.20. The van der Waals surface area contributed by atoms with E-state index in [9.17, 15) is 4.79 Å². The van der Waals surface area contributed by atoms with Crippen molar-refractivity contribution in [1.82, 2.24) is 4.98 Å². The molecule has 0 aliphatic heterocycles. The molecule has 0 N–H and O–H groups in total. The van der Waals surface area contributed by atoms with Crippen LogP contribution in [0.25, 0.3) is 0 Å². The molecule has 0 amide bonds.